The van der Waals surface area contributed by atoms with E-state index in [1.807, 2.05) is 32.9 Å². The number of benzene rings is 3. The number of hydrogen-bond acceptors (Lipinski definition) is 5. The number of aryl methyl sites for hydroxylation is 2. The quantitative estimate of drug-likeness (QED) is 0.281. The summed E-state index contributed by atoms with van der Waals surface area (Å²) in [4.78, 5) is 36.2. The fourth-order valence-corrected chi connectivity index (χ4v) is 6.43. The van der Waals surface area contributed by atoms with Gasteiger partial charge in [0.15, 0.2) is 11.0 Å². The molecule has 2 aliphatic heterocycles. The number of carbonyl (C=O) groups is 1. The lowest BCUT2D eigenvalue weighted by Crippen LogP contribution is -2.45. The molecule has 2 aliphatic rings. The molecule has 0 radical (unpaired) electrons. The molecule has 0 atom stereocenters. The van der Waals surface area contributed by atoms with Gasteiger partial charge in [-0.15, -0.1) is 0 Å². The van der Waals surface area contributed by atoms with E-state index >= 15 is 0 Å². The second-order valence-electron chi connectivity index (χ2n) is 11.6. The number of aliphatic imine (C=N–C) groups is 1. The lowest BCUT2D eigenvalue weighted by atomic mass is 9.82. The van der Waals surface area contributed by atoms with Crippen LogP contribution in [0.2, 0.25) is 0 Å². The summed E-state index contributed by atoms with van der Waals surface area (Å²) in [5.41, 5.74) is 2.94. The molecule has 0 spiro atoms. The summed E-state index contributed by atoms with van der Waals surface area (Å²) in [6.45, 7) is 8.32. The van der Waals surface area contributed by atoms with Crippen LogP contribution >= 0.6 is 0 Å². The van der Waals surface area contributed by atoms with Gasteiger partial charge in [0.2, 0.25) is 0 Å². The van der Waals surface area contributed by atoms with Gasteiger partial charge in [-0.3, -0.25) is 19.4 Å². The van der Waals surface area contributed by atoms with Crippen LogP contribution in [0.25, 0.3) is 11.0 Å². The van der Waals surface area contributed by atoms with Crippen LogP contribution < -0.4 is 5.43 Å². The molecule has 216 valence electrons. The first-order chi connectivity index (χ1) is 20.2. The maximum Gasteiger partial charge on any atom is 0.265 e. The van der Waals surface area contributed by atoms with Gasteiger partial charge in [-0.1, -0.05) is 30.3 Å². The maximum atomic E-state index is 14.1. The molecule has 42 heavy (non-hydrogen) atoms. The van der Waals surface area contributed by atoms with Gasteiger partial charge in [-0.25, -0.2) is 13.8 Å². The molecular weight excluding hydrogens is 536 g/mol. The van der Waals surface area contributed by atoms with Crippen LogP contribution in [0, 0.1) is 31.4 Å². The van der Waals surface area contributed by atoms with Gasteiger partial charge < -0.3 is 4.42 Å². The SMILES string of the molecule is CC1=NC(c2ccc(F)cc2)(c2ccc(F)cc2)C(=O)N1CC1CCN(Cc2coc3cc(C)cc(C)c3c2=O)CC1. The molecule has 6 rings (SSSR count). The normalized spacial score (nSPS) is 17.7. The van der Waals surface area contributed by atoms with Gasteiger partial charge in [-0.05, 0) is 105 Å². The predicted molar refractivity (Wildman–Crippen MR) is 158 cm³/mol. The molecule has 1 fully saturated rings. The van der Waals surface area contributed by atoms with E-state index in [4.69, 9.17) is 9.41 Å². The second-order valence-corrected chi connectivity index (χ2v) is 11.6. The van der Waals surface area contributed by atoms with E-state index in [-0.39, 0.29) is 17.3 Å². The molecule has 0 unspecified atom stereocenters. The Labute approximate surface area is 243 Å². The number of likely N-dealkylation sites (tertiary alicyclic amines) is 1. The van der Waals surface area contributed by atoms with Crippen molar-refractivity contribution in [3.63, 3.8) is 0 Å². The third-order valence-electron chi connectivity index (χ3n) is 8.63. The molecule has 0 saturated carbocycles. The molecule has 0 N–H and O–H groups in total. The Morgan fingerprint density at radius 3 is 2.10 bits per heavy atom. The highest BCUT2D eigenvalue weighted by Crippen LogP contribution is 2.41. The van der Waals surface area contributed by atoms with Crippen molar-refractivity contribution in [2.75, 3.05) is 19.6 Å². The fraction of sp³-hybridized carbons (Fsp3) is 0.324. The Kier molecular flexibility index (Phi) is 7.27. The molecule has 4 aromatic rings. The summed E-state index contributed by atoms with van der Waals surface area (Å²) < 4.78 is 33.4. The summed E-state index contributed by atoms with van der Waals surface area (Å²) in [5, 5.41) is 0.640. The van der Waals surface area contributed by atoms with Gasteiger partial charge in [-0.2, -0.15) is 0 Å². The van der Waals surface area contributed by atoms with E-state index < -0.39 is 17.2 Å². The minimum Gasteiger partial charge on any atom is -0.464 e. The number of piperidine rings is 1. The van der Waals surface area contributed by atoms with Gasteiger partial charge >= 0.3 is 0 Å². The van der Waals surface area contributed by atoms with Gasteiger partial charge in [0, 0.05) is 18.7 Å². The van der Waals surface area contributed by atoms with E-state index in [0.29, 0.717) is 46.6 Å². The Bertz CT molecular complexity index is 1690. The number of rotatable bonds is 6. The minimum atomic E-state index is -1.40. The molecule has 3 aromatic carbocycles. The topological polar surface area (TPSA) is 66.1 Å². The maximum absolute atomic E-state index is 14.1. The number of hydrogen-bond donors (Lipinski definition) is 0. The highest BCUT2D eigenvalue weighted by molar-refractivity contribution is 6.09. The second kappa shape index (κ2) is 10.9. The number of fused-ring (bicyclic) bond motifs is 1. The lowest BCUT2D eigenvalue weighted by Gasteiger charge is -2.34. The zero-order chi connectivity index (χ0) is 29.6. The van der Waals surface area contributed by atoms with E-state index in [1.54, 1.807) is 35.4 Å². The van der Waals surface area contributed by atoms with Crippen LogP contribution in [-0.4, -0.2) is 41.2 Å². The number of carbonyl (C=O) groups excluding carboxylic acids is 1. The smallest absolute Gasteiger partial charge is 0.265 e. The highest BCUT2D eigenvalue weighted by Gasteiger charge is 2.50. The standard InChI is InChI=1S/C34H33F2N3O3/c1-21-16-22(2)31-30(17-21)42-20-25(32(31)40)19-38-14-12-24(13-15-38)18-39-23(3)37-34(33(39)41,26-4-8-28(35)9-5-26)27-6-10-29(36)11-7-27/h4-11,16-17,20,24H,12-15,18-19H2,1-3H3. The van der Waals surface area contributed by atoms with Crippen molar-refractivity contribution in [2.24, 2.45) is 10.9 Å². The van der Waals surface area contributed by atoms with E-state index in [0.717, 1.165) is 37.1 Å². The van der Waals surface area contributed by atoms with Gasteiger partial charge in [0.1, 0.15) is 23.1 Å². The minimum absolute atomic E-state index is 0.0169. The molecule has 1 amide bonds. The monoisotopic (exact) mass is 569 g/mol. The van der Waals surface area contributed by atoms with Crippen molar-refractivity contribution in [3.05, 3.63) is 117 Å². The average molecular weight is 570 g/mol. The zero-order valence-electron chi connectivity index (χ0n) is 24.0. The van der Waals surface area contributed by atoms with Crippen LogP contribution in [0.3, 0.4) is 0 Å². The molecule has 0 aliphatic carbocycles. The molecular formula is C34H33F2N3O3. The number of amidine groups is 1. The summed E-state index contributed by atoms with van der Waals surface area (Å²) in [6.07, 6.45) is 3.30. The van der Waals surface area contributed by atoms with Crippen molar-refractivity contribution in [3.8, 4) is 0 Å². The van der Waals surface area contributed by atoms with Crippen LogP contribution in [0.5, 0.6) is 0 Å². The van der Waals surface area contributed by atoms with Crippen molar-refractivity contribution in [2.45, 2.75) is 45.7 Å². The molecule has 1 saturated heterocycles. The average Bonchev–Trinajstić information content (AvgIpc) is 3.21. The Morgan fingerprint density at radius 1 is 0.905 bits per heavy atom. The molecule has 3 heterocycles. The first-order valence-corrected chi connectivity index (χ1v) is 14.3. The summed E-state index contributed by atoms with van der Waals surface area (Å²) in [6, 6.07) is 15.4. The fourth-order valence-electron chi connectivity index (χ4n) is 6.43. The zero-order valence-corrected chi connectivity index (χ0v) is 24.0. The van der Waals surface area contributed by atoms with Crippen LogP contribution in [0.4, 0.5) is 8.78 Å². The Hall–Kier alpha value is -4.17. The number of amides is 1. The predicted octanol–water partition coefficient (Wildman–Crippen LogP) is 6.10. The third-order valence-corrected chi connectivity index (χ3v) is 8.63. The Morgan fingerprint density at radius 2 is 1.50 bits per heavy atom. The van der Waals surface area contributed by atoms with Crippen molar-refractivity contribution in [1.29, 1.82) is 0 Å². The summed E-state index contributed by atoms with van der Waals surface area (Å²) >= 11 is 0. The highest BCUT2D eigenvalue weighted by atomic mass is 19.1. The van der Waals surface area contributed by atoms with Crippen LogP contribution in [0.1, 0.15) is 47.6 Å². The molecule has 6 nitrogen and oxygen atoms in total. The van der Waals surface area contributed by atoms with Crippen LogP contribution in [0.15, 0.2) is 81.1 Å². The van der Waals surface area contributed by atoms with E-state index in [2.05, 4.69) is 4.90 Å². The first-order valence-electron chi connectivity index (χ1n) is 14.3. The van der Waals surface area contributed by atoms with Crippen molar-refractivity contribution in [1.82, 2.24) is 9.80 Å². The number of halogens is 2. The molecule has 0 bridgehead atoms. The van der Waals surface area contributed by atoms with Gasteiger partial charge in [0.05, 0.1) is 11.6 Å². The third kappa shape index (κ3) is 4.94. The number of nitrogens with zero attached hydrogens (tertiary/aromatic N) is 3. The van der Waals surface area contributed by atoms with Gasteiger partial charge in [0.25, 0.3) is 5.91 Å². The lowest BCUT2D eigenvalue weighted by molar-refractivity contribution is -0.130. The summed E-state index contributed by atoms with van der Waals surface area (Å²) in [7, 11) is 0. The van der Waals surface area contributed by atoms with Crippen molar-refractivity contribution >= 4 is 22.7 Å². The summed E-state index contributed by atoms with van der Waals surface area (Å²) in [5.74, 6) is -0.217. The molecule has 8 heteroatoms. The van der Waals surface area contributed by atoms with E-state index in [1.165, 1.54) is 24.3 Å². The largest absolute Gasteiger partial charge is 0.464 e. The van der Waals surface area contributed by atoms with Crippen molar-refractivity contribution < 1.29 is 18.0 Å². The van der Waals surface area contributed by atoms with E-state index in [9.17, 15) is 18.4 Å². The molecule has 1 aromatic heterocycles. The first kappa shape index (κ1) is 28.0. The van der Waals surface area contributed by atoms with Crippen LogP contribution in [-0.2, 0) is 16.9 Å². The Balaban J connectivity index is 1.17.